The summed E-state index contributed by atoms with van der Waals surface area (Å²) < 4.78 is 60.9. The third-order valence-electron chi connectivity index (χ3n) is 2.16. The standard InChI is InChI=1S/C10H12F3NO2S/c1-2-17(15,16)4-3-14-9-6-7(11)5-8(12)10(9)13/h5-6,14H,2-4H2,1H3. The van der Waals surface area contributed by atoms with Crippen molar-refractivity contribution in [3.05, 3.63) is 29.6 Å². The van der Waals surface area contributed by atoms with Gasteiger partial charge in [-0.2, -0.15) is 0 Å². The zero-order chi connectivity index (χ0) is 13.1. The molecule has 1 N–H and O–H groups in total. The summed E-state index contributed by atoms with van der Waals surface area (Å²) in [5.41, 5.74) is -0.381. The highest BCUT2D eigenvalue weighted by atomic mass is 32.2. The molecule has 0 heterocycles. The second kappa shape index (κ2) is 5.39. The van der Waals surface area contributed by atoms with E-state index in [-0.39, 0.29) is 23.7 Å². The van der Waals surface area contributed by atoms with Gasteiger partial charge in [-0.25, -0.2) is 21.6 Å². The van der Waals surface area contributed by atoms with Crippen LogP contribution in [0.15, 0.2) is 12.1 Å². The Kier molecular flexibility index (Phi) is 4.39. The lowest BCUT2D eigenvalue weighted by Crippen LogP contribution is -2.17. The summed E-state index contributed by atoms with van der Waals surface area (Å²) in [7, 11) is -3.20. The molecule has 96 valence electrons. The van der Waals surface area contributed by atoms with Crippen molar-refractivity contribution in [3.63, 3.8) is 0 Å². The third kappa shape index (κ3) is 3.92. The van der Waals surface area contributed by atoms with Crippen LogP contribution >= 0.6 is 0 Å². The molecule has 7 heteroatoms. The first-order valence-corrected chi connectivity index (χ1v) is 6.76. The highest BCUT2D eigenvalue weighted by Crippen LogP contribution is 2.18. The highest BCUT2D eigenvalue weighted by molar-refractivity contribution is 7.91. The van der Waals surface area contributed by atoms with E-state index in [0.717, 1.165) is 6.07 Å². The van der Waals surface area contributed by atoms with Crippen LogP contribution in [0.4, 0.5) is 18.9 Å². The van der Waals surface area contributed by atoms with Gasteiger partial charge in [-0.1, -0.05) is 6.92 Å². The largest absolute Gasteiger partial charge is 0.381 e. The summed E-state index contributed by atoms with van der Waals surface area (Å²) in [5.74, 6) is -3.72. The Hall–Kier alpha value is -1.24. The van der Waals surface area contributed by atoms with E-state index in [0.29, 0.717) is 6.07 Å². The molecule has 0 saturated carbocycles. The molecule has 1 rings (SSSR count). The Labute approximate surface area is 97.6 Å². The molecule has 0 atom stereocenters. The van der Waals surface area contributed by atoms with Crippen LogP contribution in [0, 0.1) is 17.5 Å². The smallest absolute Gasteiger partial charge is 0.182 e. The predicted molar refractivity (Wildman–Crippen MR) is 59.1 cm³/mol. The molecule has 0 aromatic heterocycles. The van der Waals surface area contributed by atoms with Crippen LogP contribution in [0.5, 0.6) is 0 Å². The number of hydrogen-bond donors (Lipinski definition) is 1. The molecule has 0 unspecified atom stereocenters. The Morgan fingerprint density at radius 1 is 1.24 bits per heavy atom. The lowest BCUT2D eigenvalue weighted by molar-refractivity contribution is 0.497. The van der Waals surface area contributed by atoms with E-state index in [1.54, 1.807) is 0 Å². The van der Waals surface area contributed by atoms with Gasteiger partial charge in [0.1, 0.15) is 5.82 Å². The van der Waals surface area contributed by atoms with E-state index in [4.69, 9.17) is 0 Å². The lowest BCUT2D eigenvalue weighted by Gasteiger charge is -2.08. The molecule has 0 spiro atoms. The maximum Gasteiger partial charge on any atom is 0.182 e. The number of anilines is 1. The molecule has 0 radical (unpaired) electrons. The summed E-state index contributed by atoms with van der Waals surface area (Å²) in [6, 6.07) is 1.19. The fourth-order valence-electron chi connectivity index (χ4n) is 1.17. The topological polar surface area (TPSA) is 46.2 Å². The van der Waals surface area contributed by atoms with Gasteiger partial charge >= 0.3 is 0 Å². The number of rotatable bonds is 5. The SMILES string of the molecule is CCS(=O)(=O)CCNc1cc(F)cc(F)c1F. The van der Waals surface area contributed by atoms with Crippen molar-refractivity contribution in [2.45, 2.75) is 6.92 Å². The maximum absolute atomic E-state index is 13.1. The number of hydrogen-bond acceptors (Lipinski definition) is 3. The average Bonchev–Trinajstić information content (AvgIpc) is 2.24. The van der Waals surface area contributed by atoms with Gasteiger partial charge in [0.05, 0.1) is 11.4 Å². The molecule has 0 amide bonds. The van der Waals surface area contributed by atoms with Crippen molar-refractivity contribution >= 4 is 15.5 Å². The second-order valence-corrected chi connectivity index (χ2v) is 5.89. The monoisotopic (exact) mass is 267 g/mol. The van der Waals surface area contributed by atoms with E-state index in [1.807, 2.05) is 0 Å². The van der Waals surface area contributed by atoms with Crippen LogP contribution in [0.3, 0.4) is 0 Å². The first-order valence-electron chi connectivity index (χ1n) is 4.94. The maximum atomic E-state index is 13.1. The minimum atomic E-state index is -3.20. The van der Waals surface area contributed by atoms with Crippen molar-refractivity contribution in [2.24, 2.45) is 0 Å². The van der Waals surface area contributed by atoms with Crippen molar-refractivity contribution in [1.29, 1.82) is 0 Å². The molecule has 1 aromatic rings. The molecule has 0 aliphatic heterocycles. The van der Waals surface area contributed by atoms with E-state index in [1.165, 1.54) is 6.92 Å². The molecular weight excluding hydrogens is 255 g/mol. The highest BCUT2D eigenvalue weighted by Gasteiger charge is 2.12. The Morgan fingerprint density at radius 2 is 1.88 bits per heavy atom. The fourth-order valence-corrected chi connectivity index (χ4v) is 1.87. The molecule has 17 heavy (non-hydrogen) atoms. The van der Waals surface area contributed by atoms with Crippen LogP contribution in [0.2, 0.25) is 0 Å². The molecule has 0 fully saturated rings. The average molecular weight is 267 g/mol. The molecule has 0 bridgehead atoms. The number of nitrogens with one attached hydrogen (secondary N) is 1. The summed E-state index contributed by atoms with van der Waals surface area (Å²) >= 11 is 0. The van der Waals surface area contributed by atoms with Gasteiger partial charge in [0.15, 0.2) is 21.5 Å². The van der Waals surface area contributed by atoms with Gasteiger partial charge in [-0.15, -0.1) is 0 Å². The Morgan fingerprint density at radius 3 is 2.47 bits per heavy atom. The number of benzene rings is 1. The minimum Gasteiger partial charge on any atom is -0.381 e. The summed E-state index contributed by atoms with van der Waals surface area (Å²) in [5, 5.41) is 2.35. The number of halogens is 3. The van der Waals surface area contributed by atoms with Gasteiger partial charge in [-0.05, 0) is 0 Å². The molecule has 0 saturated heterocycles. The Bertz CT molecular complexity index is 503. The first-order chi connectivity index (χ1) is 7.85. The van der Waals surface area contributed by atoms with E-state index in [9.17, 15) is 21.6 Å². The molecule has 1 aromatic carbocycles. The van der Waals surface area contributed by atoms with Crippen LogP contribution in [-0.4, -0.2) is 26.5 Å². The van der Waals surface area contributed by atoms with Gasteiger partial charge in [-0.3, -0.25) is 0 Å². The van der Waals surface area contributed by atoms with E-state index < -0.39 is 27.3 Å². The lowest BCUT2D eigenvalue weighted by atomic mass is 10.3. The fraction of sp³-hybridized carbons (Fsp3) is 0.400. The van der Waals surface area contributed by atoms with Crippen LogP contribution in [-0.2, 0) is 9.84 Å². The first kappa shape index (κ1) is 13.8. The van der Waals surface area contributed by atoms with Gasteiger partial charge in [0.2, 0.25) is 0 Å². The Balaban J connectivity index is 2.70. The quantitative estimate of drug-likeness (QED) is 0.829. The van der Waals surface area contributed by atoms with Gasteiger partial charge < -0.3 is 5.32 Å². The van der Waals surface area contributed by atoms with E-state index in [2.05, 4.69) is 5.32 Å². The summed E-state index contributed by atoms with van der Waals surface area (Å²) in [6.07, 6.45) is 0. The second-order valence-electron chi connectivity index (χ2n) is 3.41. The predicted octanol–water partition coefficient (Wildman–Crippen LogP) is 1.95. The van der Waals surface area contributed by atoms with E-state index >= 15 is 0 Å². The van der Waals surface area contributed by atoms with Gasteiger partial charge in [0, 0.05) is 24.4 Å². The summed E-state index contributed by atoms with van der Waals surface area (Å²) in [6.45, 7) is 1.38. The zero-order valence-electron chi connectivity index (χ0n) is 9.13. The van der Waals surface area contributed by atoms with Crippen LogP contribution in [0.25, 0.3) is 0 Å². The van der Waals surface area contributed by atoms with Crippen molar-refractivity contribution < 1.29 is 21.6 Å². The van der Waals surface area contributed by atoms with Crippen molar-refractivity contribution in [1.82, 2.24) is 0 Å². The zero-order valence-corrected chi connectivity index (χ0v) is 9.95. The normalized spacial score (nSPS) is 11.5. The van der Waals surface area contributed by atoms with Crippen molar-refractivity contribution in [3.8, 4) is 0 Å². The van der Waals surface area contributed by atoms with Crippen LogP contribution < -0.4 is 5.32 Å². The third-order valence-corrected chi connectivity index (χ3v) is 3.87. The minimum absolute atomic E-state index is 0.0331. The van der Waals surface area contributed by atoms with Gasteiger partial charge in [0.25, 0.3) is 0 Å². The molecule has 0 aliphatic carbocycles. The molecule has 3 nitrogen and oxygen atoms in total. The molecular formula is C10H12F3NO2S. The number of sulfone groups is 1. The molecule has 0 aliphatic rings. The summed E-state index contributed by atoms with van der Waals surface area (Å²) in [4.78, 5) is 0. The van der Waals surface area contributed by atoms with Crippen LogP contribution in [0.1, 0.15) is 6.92 Å². The van der Waals surface area contributed by atoms with Crippen molar-refractivity contribution in [2.75, 3.05) is 23.4 Å².